The predicted molar refractivity (Wildman–Crippen MR) is 95.0 cm³/mol. The number of aryl methyl sites for hydroxylation is 1. The van der Waals surface area contributed by atoms with Gasteiger partial charge in [-0.3, -0.25) is 14.7 Å². The van der Waals surface area contributed by atoms with Gasteiger partial charge in [-0.1, -0.05) is 6.07 Å². The number of nitrogens with zero attached hydrogens (tertiary/aromatic N) is 3. The van der Waals surface area contributed by atoms with Crippen molar-refractivity contribution < 1.29 is 14.6 Å². The Hall–Kier alpha value is -1.50. The van der Waals surface area contributed by atoms with E-state index in [4.69, 9.17) is 4.74 Å². The van der Waals surface area contributed by atoms with E-state index < -0.39 is 0 Å². The number of ether oxygens (including phenoxy) is 1. The molecule has 0 saturated carbocycles. The summed E-state index contributed by atoms with van der Waals surface area (Å²) in [5.74, 6) is 0.369. The van der Waals surface area contributed by atoms with E-state index in [0.717, 1.165) is 43.9 Å². The van der Waals surface area contributed by atoms with Crippen molar-refractivity contribution >= 4 is 5.91 Å². The molecule has 138 valence electrons. The molecule has 1 amide bonds. The van der Waals surface area contributed by atoms with Gasteiger partial charge in [0.1, 0.15) is 0 Å². The minimum absolute atomic E-state index is 0.105. The highest BCUT2D eigenvalue weighted by Gasteiger charge is 2.33. The molecule has 1 atom stereocenters. The Bertz CT molecular complexity index is 575. The second kappa shape index (κ2) is 8.74. The molecule has 0 radical (unpaired) electrons. The van der Waals surface area contributed by atoms with Crippen molar-refractivity contribution in [1.82, 2.24) is 14.8 Å². The summed E-state index contributed by atoms with van der Waals surface area (Å²) in [6.45, 7) is 6.57. The fraction of sp³-hybridized carbons (Fsp3) is 0.684. The number of piperazine rings is 1. The highest BCUT2D eigenvalue weighted by molar-refractivity contribution is 5.79. The number of carbonyl (C=O) groups is 1. The molecule has 0 aromatic carbocycles. The van der Waals surface area contributed by atoms with Crippen LogP contribution in [-0.2, 0) is 16.1 Å². The molecule has 2 fully saturated rings. The van der Waals surface area contributed by atoms with Crippen LogP contribution in [0.15, 0.2) is 18.2 Å². The third-order valence-electron chi connectivity index (χ3n) is 5.26. The lowest BCUT2D eigenvalue weighted by Gasteiger charge is -2.42. The summed E-state index contributed by atoms with van der Waals surface area (Å²) >= 11 is 0. The number of aliphatic hydroxyl groups is 1. The van der Waals surface area contributed by atoms with E-state index in [2.05, 4.69) is 9.88 Å². The van der Waals surface area contributed by atoms with Crippen molar-refractivity contribution in [2.45, 2.75) is 38.8 Å². The molecule has 2 aliphatic heterocycles. The Labute approximate surface area is 149 Å². The molecular weight excluding hydrogens is 318 g/mol. The number of rotatable bonds is 5. The maximum Gasteiger partial charge on any atom is 0.225 e. The van der Waals surface area contributed by atoms with Gasteiger partial charge >= 0.3 is 0 Å². The Kier molecular flexibility index (Phi) is 6.39. The molecule has 6 heteroatoms. The smallest absolute Gasteiger partial charge is 0.225 e. The molecule has 0 aliphatic carbocycles. The average molecular weight is 347 g/mol. The summed E-state index contributed by atoms with van der Waals surface area (Å²) < 4.78 is 5.37. The van der Waals surface area contributed by atoms with Gasteiger partial charge in [-0.25, -0.2) is 0 Å². The summed E-state index contributed by atoms with van der Waals surface area (Å²) in [6, 6.07) is 6.26. The van der Waals surface area contributed by atoms with E-state index >= 15 is 0 Å². The number of hydrogen-bond acceptors (Lipinski definition) is 5. The topological polar surface area (TPSA) is 65.9 Å². The van der Waals surface area contributed by atoms with E-state index in [-0.39, 0.29) is 24.5 Å². The lowest BCUT2D eigenvalue weighted by atomic mass is 9.97. The van der Waals surface area contributed by atoms with Crippen molar-refractivity contribution in [3.8, 4) is 0 Å². The van der Waals surface area contributed by atoms with E-state index in [0.29, 0.717) is 26.2 Å². The summed E-state index contributed by atoms with van der Waals surface area (Å²) in [5, 5.41) is 9.46. The zero-order chi connectivity index (χ0) is 17.6. The van der Waals surface area contributed by atoms with Crippen LogP contribution in [0.5, 0.6) is 0 Å². The monoisotopic (exact) mass is 347 g/mol. The number of hydrogen-bond donors (Lipinski definition) is 1. The number of amides is 1. The molecule has 6 nitrogen and oxygen atoms in total. The molecule has 1 aromatic rings. The fourth-order valence-corrected chi connectivity index (χ4v) is 3.82. The second-order valence-electron chi connectivity index (χ2n) is 7.08. The first-order chi connectivity index (χ1) is 12.2. The van der Waals surface area contributed by atoms with Crippen LogP contribution in [0.4, 0.5) is 0 Å². The van der Waals surface area contributed by atoms with Gasteiger partial charge < -0.3 is 14.7 Å². The normalized spacial score (nSPS) is 23.0. The van der Waals surface area contributed by atoms with E-state index in [1.54, 1.807) is 0 Å². The van der Waals surface area contributed by atoms with Gasteiger partial charge in [0.15, 0.2) is 0 Å². The summed E-state index contributed by atoms with van der Waals surface area (Å²) in [7, 11) is 0. The molecule has 1 aromatic heterocycles. The largest absolute Gasteiger partial charge is 0.396 e. The number of pyridine rings is 1. The van der Waals surface area contributed by atoms with Crippen LogP contribution >= 0.6 is 0 Å². The minimum atomic E-state index is 0.105. The third-order valence-corrected chi connectivity index (χ3v) is 5.26. The van der Waals surface area contributed by atoms with Crippen molar-refractivity contribution in [3.05, 3.63) is 29.6 Å². The van der Waals surface area contributed by atoms with Crippen molar-refractivity contribution in [2.75, 3.05) is 39.5 Å². The van der Waals surface area contributed by atoms with Gasteiger partial charge in [0.05, 0.1) is 5.69 Å². The van der Waals surface area contributed by atoms with Gasteiger partial charge in [0.2, 0.25) is 5.91 Å². The number of carbonyl (C=O) groups excluding carboxylic acids is 1. The Morgan fingerprint density at radius 1 is 1.32 bits per heavy atom. The summed E-state index contributed by atoms with van der Waals surface area (Å²) in [4.78, 5) is 21.7. The summed E-state index contributed by atoms with van der Waals surface area (Å²) in [6.07, 6.45) is 2.34. The first-order valence-corrected chi connectivity index (χ1v) is 9.31. The van der Waals surface area contributed by atoms with Gasteiger partial charge in [-0.05, 0) is 38.3 Å². The standard InChI is InChI=1S/C19H29N3O3/c1-15-3-2-4-17(20-15)13-21-8-9-22(14-18(21)5-10-23)19(24)16-6-11-25-12-7-16/h2-4,16,18,23H,5-14H2,1H3. The van der Waals surface area contributed by atoms with Crippen LogP contribution in [0.2, 0.25) is 0 Å². The molecule has 2 aliphatic rings. The highest BCUT2D eigenvalue weighted by atomic mass is 16.5. The van der Waals surface area contributed by atoms with Gasteiger partial charge in [-0.2, -0.15) is 0 Å². The average Bonchev–Trinajstić information content (AvgIpc) is 2.63. The van der Waals surface area contributed by atoms with Gasteiger partial charge in [0, 0.05) is 63.7 Å². The van der Waals surface area contributed by atoms with E-state index in [1.807, 2.05) is 30.0 Å². The molecular formula is C19H29N3O3. The first-order valence-electron chi connectivity index (χ1n) is 9.31. The van der Waals surface area contributed by atoms with Crippen LogP contribution in [0.25, 0.3) is 0 Å². The molecule has 1 N–H and O–H groups in total. The Morgan fingerprint density at radius 2 is 2.12 bits per heavy atom. The predicted octanol–water partition coefficient (Wildman–Crippen LogP) is 1.21. The summed E-state index contributed by atoms with van der Waals surface area (Å²) in [5.41, 5.74) is 2.07. The van der Waals surface area contributed by atoms with Gasteiger partial charge in [0.25, 0.3) is 0 Å². The van der Waals surface area contributed by atoms with E-state index in [9.17, 15) is 9.90 Å². The molecule has 3 rings (SSSR count). The van der Waals surface area contributed by atoms with Crippen LogP contribution < -0.4 is 0 Å². The maximum atomic E-state index is 12.8. The van der Waals surface area contributed by atoms with Crippen LogP contribution in [0, 0.1) is 12.8 Å². The van der Waals surface area contributed by atoms with Crippen molar-refractivity contribution in [3.63, 3.8) is 0 Å². The SMILES string of the molecule is Cc1cccc(CN2CCN(C(=O)C3CCOCC3)CC2CCO)n1. The number of aromatic nitrogens is 1. The van der Waals surface area contributed by atoms with Crippen LogP contribution in [-0.4, -0.2) is 71.3 Å². The lowest BCUT2D eigenvalue weighted by molar-refractivity contribution is -0.142. The third kappa shape index (κ3) is 4.77. The Morgan fingerprint density at radius 3 is 2.84 bits per heavy atom. The quantitative estimate of drug-likeness (QED) is 0.867. The zero-order valence-corrected chi connectivity index (χ0v) is 15.1. The fourth-order valence-electron chi connectivity index (χ4n) is 3.82. The van der Waals surface area contributed by atoms with Crippen LogP contribution in [0.3, 0.4) is 0 Å². The molecule has 25 heavy (non-hydrogen) atoms. The van der Waals surface area contributed by atoms with Gasteiger partial charge in [-0.15, -0.1) is 0 Å². The molecule has 0 spiro atoms. The molecule has 1 unspecified atom stereocenters. The first kappa shape index (κ1) is 18.3. The second-order valence-corrected chi connectivity index (χ2v) is 7.08. The lowest BCUT2D eigenvalue weighted by Crippen LogP contribution is -2.56. The van der Waals surface area contributed by atoms with Crippen molar-refractivity contribution in [1.29, 1.82) is 0 Å². The zero-order valence-electron chi connectivity index (χ0n) is 15.1. The van der Waals surface area contributed by atoms with Crippen LogP contribution in [0.1, 0.15) is 30.7 Å². The minimum Gasteiger partial charge on any atom is -0.396 e. The number of aliphatic hydroxyl groups excluding tert-OH is 1. The van der Waals surface area contributed by atoms with E-state index in [1.165, 1.54) is 0 Å². The maximum absolute atomic E-state index is 12.8. The molecule has 0 bridgehead atoms. The van der Waals surface area contributed by atoms with Crippen molar-refractivity contribution in [2.24, 2.45) is 5.92 Å². The molecule has 3 heterocycles. The highest BCUT2D eigenvalue weighted by Crippen LogP contribution is 2.22. The molecule has 2 saturated heterocycles. The Balaban J connectivity index is 1.62.